The van der Waals surface area contributed by atoms with E-state index in [1.807, 2.05) is 27.7 Å². The lowest BCUT2D eigenvalue weighted by Crippen LogP contribution is -2.45. The molecule has 0 aromatic heterocycles. The minimum Gasteiger partial charge on any atom is -0.478 e. The summed E-state index contributed by atoms with van der Waals surface area (Å²) in [7, 11) is 0. The van der Waals surface area contributed by atoms with E-state index in [2.05, 4.69) is 61.8 Å². The zero-order chi connectivity index (χ0) is 74.4. The van der Waals surface area contributed by atoms with E-state index < -0.39 is 72.2 Å². The van der Waals surface area contributed by atoms with Gasteiger partial charge in [0.2, 0.25) is 24.4 Å². The van der Waals surface area contributed by atoms with Gasteiger partial charge in [-0.15, -0.1) is 0 Å². The maximum Gasteiger partial charge on any atom is 0.349 e. The molecule has 10 rings (SSSR count). The minimum atomic E-state index is -2.21. The second kappa shape index (κ2) is 38.5. The van der Waals surface area contributed by atoms with E-state index in [9.17, 15) is 68.4 Å². The van der Waals surface area contributed by atoms with Crippen LogP contribution in [0.2, 0.25) is 0 Å². The number of carboxylic acid groups (broad SMARTS) is 4. The largest absolute Gasteiger partial charge is 0.478 e. The van der Waals surface area contributed by atoms with Crippen LogP contribution in [-0.2, 0) is 70.0 Å². The number of aliphatic hydroxyl groups excluding tert-OH is 1. The lowest BCUT2D eigenvalue weighted by Gasteiger charge is -2.41. The summed E-state index contributed by atoms with van der Waals surface area (Å²) in [4.78, 5) is 123. The molecule has 9 N–H and O–H groups in total. The zero-order valence-corrected chi connectivity index (χ0v) is 57.7. The number of ether oxygens (including phenoxy) is 6. The highest BCUT2D eigenvalue weighted by Crippen LogP contribution is 2.41. The van der Waals surface area contributed by atoms with Crippen LogP contribution in [0, 0.1) is 27.7 Å². The topological polar surface area (TPSA) is 386 Å². The summed E-state index contributed by atoms with van der Waals surface area (Å²) in [6, 6.07) is 39.5. The number of aliphatic hydroxyl groups is 1. The molecule has 102 heavy (non-hydrogen) atoms. The smallest absolute Gasteiger partial charge is 0.349 e. The fraction of sp³-hybridized carbons (Fsp3) is 0.351. The van der Waals surface area contributed by atoms with Crippen molar-refractivity contribution >= 4 is 59.7 Å². The van der Waals surface area contributed by atoms with Crippen molar-refractivity contribution in [1.29, 1.82) is 0 Å². The second-order valence-corrected chi connectivity index (χ2v) is 24.5. The van der Waals surface area contributed by atoms with Gasteiger partial charge in [-0.05, 0) is 168 Å². The first-order valence-electron chi connectivity index (χ1n) is 32.6. The maximum absolute atomic E-state index is 12.3. The molecule has 1 unspecified atom stereocenters. The van der Waals surface area contributed by atoms with Crippen molar-refractivity contribution in [2.24, 2.45) is 11.5 Å². The number of hydrogen-bond donors (Lipinski definition) is 7. The van der Waals surface area contributed by atoms with E-state index >= 15 is 0 Å². The number of esters is 6. The first-order valence-corrected chi connectivity index (χ1v) is 32.6. The van der Waals surface area contributed by atoms with E-state index in [4.69, 9.17) is 45.0 Å². The Bertz CT molecular complexity index is 3610. The molecule has 0 bridgehead atoms. The first kappa shape index (κ1) is 81.7. The molecule has 6 atom stereocenters. The summed E-state index contributed by atoms with van der Waals surface area (Å²) < 4.78 is 29.7. The number of hydrogen-bond acceptors (Lipinski definition) is 21. The van der Waals surface area contributed by atoms with E-state index in [0.717, 1.165) is 25.9 Å². The van der Waals surface area contributed by atoms with Crippen molar-refractivity contribution in [3.8, 4) is 0 Å². The molecule has 4 aliphatic heterocycles. The van der Waals surface area contributed by atoms with Crippen LogP contribution in [0.25, 0.3) is 0 Å². The Labute approximate surface area is 592 Å². The Morgan fingerprint density at radius 3 is 0.873 bits per heavy atom. The van der Waals surface area contributed by atoms with Crippen molar-refractivity contribution in [2.75, 3.05) is 32.8 Å². The standard InChI is InChI=1S/2C19H26N2O2.2C18H14O8.C2H6O.CH4/c2*1-11(2)23-19(22)16-10-21-6-5-14-7-12(3)13(4)8-15(14)18(21)9-17(16)20;2*19-15(20)13(25-17(23)11-7-3-1-4-8-11)14(16(21)22)26-18(24)12-9-5-2-6-10-12;1-2-3;/h2*7-8,11,18H,5-6,9-10,20H2,1-4H3;2*1-10,13-14H,(H,19,20)(H,21,22);3H,2H2,1H3;1H4/t18-;;2*13-,14-;;/m0.00../s1. The minimum absolute atomic E-state index is 0. The summed E-state index contributed by atoms with van der Waals surface area (Å²) in [5.41, 5.74) is 26.2. The Morgan fingerprint density at radius 2 is 0.647 bits per heavy atom. The number of benzene rings is 6. The molecule has 25 heteroatoms. The van der Waals surface area contributed by atoms with Crippen LogP contribution in [0.4, 0.5) is 0 Å². The second-order valence-electron chi connectivity index (χ2n) is 24.5. The van der Waals surface area contributed by atoms with Gasteiger partial charge in [-0.2, -0.15) is 0 Å². The van der Waals surface area contributed by atoms with Crippen molar-refractivity contribution in [3.63, 3.8) is 0 Å². The number of fused-ring (bicyclic) bond motifs is 6. The van der Waals surface area contributed by atoms with Crippen molar-refractivity contribution in [2.45, 2.75) is 144 Å². The first-order chi connectivity index (χ1) is 47.9. The van der Waals surface area contributed by atoms with Gasteiger partial charge >= 0.3 is 59.7 Å². The number of nitrogens with zero attached hydrogens (tertiary/aromatic N) is 2. The number of aryl methyl sites for hydroxylation is 4. The molecule has 6 aromatic carbocycles. The molecule has 0 fully saturated rings. The van der Waals surface area contributed by atoms with Crippen LogP contribution >= 0.6 is 0 Å². The fourth-order valence-electron chi connectivity index (χ4n) is 11.2. The fourth-order valence-corrected chi connectivity index (χ4v) is 11.2. The van der Waals surface area contributed by atoms with Crippen molar-refractivity contribution in [3.05, 3.63) is 235 Å². The average molecular weight is 1410 g/mol. The number of nitrogens with two attached hydrogens (primary N) is 2. The van der Waals surface area contributed by atoms with Gasteiger partial charge in [-0.3, -0.25) is 9.80 Å². The van der Waals surface area contributed by atoms with E-state index in [-0.39, 0.29) is 72.5 Å². The van der Waals surface area contributed by atoms with Gasteiger partial charge in [0.1, 0.15) is 0 Å². The molecule has 25 nitrogen and oxygen atoms in total. The Balaban J connectivity index is 0.000000241. The molecule has 0 spiro atoms. The normalized spacial score (nSPS) is 16.1. The number of aliphatic carboxylic acids is 4. The van der Waals surface area contributed by atoms with Crippen LogP contribution in [0.3, 0.4) is 0 Å². The predicted molar refractivity (Wildman–Crippen MR) is 375 cm³/mol. The van der Waals surface area contributed by atoms with Gasteiger partial charge in [0.05, 0.1) is 45.6 Å². The van der Waals surface area contributed by atoms with Crippen LogP contribution in [0.5, 0.6) is 0 Å². The summed E-state index contributed by atoms with van der Waals surface area (Å²) in [6.07, 6.45) is -5.63. The summed E-state index contributed by atoms with van der Waals surface area (Å²) in [6.45, 7) is 21.1. The van der Waals surface area contributed by atoms with Gasteiger partial charge in [-0.25, -0.2) is 47.9 Å². The Hall–Kier alpha value is -11.0. The van der Waals surface area contributed by atoms with Crippen LogP contribution in [-0.4, -0.2) is 164 Å². The highest BCUT2D eigenvalue weighted by molar-refractivity contribution is 5.97. The van der Waals surface area contributed by atoms with Crippen LogP contribution < -0.4 is 11.5 Å². The third kappa shape index (κ3) is 22.5. The number of carboxylic acids is 4. The van der Waals surface area contributed by atoms with Crippen LogP contribution in [0.1, 0.15) is 153 Å². The van der Waals surface area contributed by atoms with Crippen LogP contribution in [0.15, 0.2) is 168 Å². The zero-order valence-electron chi connectivity index (χ0n) is 57.7. The highest BCUT2D eigenvalue weighted by Gasteiger charge is 2.43. The van der Waals surface area contributed by atoms with E-state index in [0.29, 0.717) is 48.5 Å². The highest BCUT2D eigenvalue weighted by atomic mass is 16.6. The quantitative estimate of drug-likeness (QED) is 0.0311. The lowest BCUT2D eigenvalue weighted by molar-refractivity contribution is -0.166. The molecule has 4 aliphatic rings. The summed E-state index contributed by atoms with van der Waals surface area (Å²) in [5, 5.41) is 44.5. The molecule has 0 radical (unpaired) electrons. The monoisotopic (exact) mass is 1410 g/mol. The van der Waals surface area contributed by atoms with Gasteiger partial charge in [0.15, 0.2) is 0 Å². The molecular weight excluding hydrogens is 1320 g/mol. The summed E-state index contributed by atoms with van der Waals surface area (Å²) >= 11 is 0. The Morgan fingerprint density at radius 1 is 0.412 bits per heavy atom. The molecular formula is C77H90N4O21. The van der Waals surface area contributed by atoms with E-state index in [1.54, 1.807) is 31.2 Å². The van der Waals surface area contributed by atoms with Gasteiger partial charge in [0, 0.05) is 69.1 Å². The molecule has 6 aromatic rings. The average Bonchev–Trinajstić information content (AvgIpc) is 0.794. The SMILES string of the molecule is C.CCO.Cc1cc2c(cc1C)C1CC(N)=C(C(=O)OC(C)C)CN1CC2.Cc1cc2c(cc1C)[C@@H]1CC(N)=C(C(=O)OC(C)C)CN1CC2.O=C(O[C@H](C(=O)O)[C@H](OC(=O)c1ccccc1)C(=O)O)c1ccccc1.O=C(O[C@H](C(=O)O)[C@H](OC(=O)c1ccccc1)C(=O)O)c1ccccc1. The third-order valence-corrected chi connectivity index (χ3v) is 16.4. The maximum atomic E-state index is 12.3. The molecule has 4 heterocycles. The number of rotatable bonds is 18. The molecule has 0 aliphatic carbocycles. The number of carbonyl (C=O) groups is 10. The molecule has 544 valence electrons. The number of carbonyl (C=O) groups excluding carboxylic acids is 6. The van der Waals surface area contributed by atoms with Gasteiger partial charge in [0.25, 0.3) is 0 Å². The molecule has 0 saturated carbocycles. The molecule has 0 amide bonds. The van der Waals surface area contributed by atoms with Crippen molar-refractivity contribution in [1.82, 2.24) is 9.80 Å². The van der Waals surface area contributed by atoms with Gasteiger partial charge < -0.3 is 65.4 Å². The van der Waals surface area contributed by atoms with E-state index in [1.165, 1.54) is 142 Å². The van der Waals surface area contributed by atoms with Gasteiger partial charge in [-0.1, -0.05) is 104 Å². The third-order valence-electron chi connectivity index (χ3n) is 16.4. The Kier molecular flexibility index (Phi) is 30.8. The predicted octanol–water partition coefficient (Wildman–Crippen LogP) is 9.39. The summed E-state index contributed by atoms with van der Waals surface area (Å²) in [5.74, 6) is -11.8. The lowest BCUT2D eigenvalue weighted by atomic mass is 9.84. The molecule has 0 saturated heterocycles. The van der Waals surface area contributed by atoms with Crippen molar-refractivity contribution < 1.29 is 102 Å².